The lowest BCUT2D eigenvalue weighted by Crippen LogP contribution is -2.47. The summed E-state index contributed by atoms with van der Waals surface area (Å²) in [5.41, 5.74) is 2.18. The van der Waals surface area contributed by atoms with Crippen molar-refractivity contribution in [2.45, 2.75) is 52.7 Å². The van der Waals surface area contributed by atoms with E-state index in [1.807, 2.05) is 57.2 Å². The molecule has 3 rings (SSSR count). The van der Waals surface area contributed by atoms with Gasteiger partial charge in [0.25, 0.3) is 5.91 Å². The Hall–Kier alpha value is -4.40. The van der Waals surface area contributed by atoms with Gasteiger partial charge < -0.3 is 24.3 Å². The Morgan fingerprint density at radius 1 is 0.878 bits per heavy atom. The Kier molecular flexibility index (Phi) is 11.7. The number of carbonyl (C=O) groups is 3. The number of ether oxygens (including phenoxy) is 4. The average Bonchev–Trinajstić information content (AvgIpc) is 2.96. The molecule has 0 aliphatic heterocycles. The van der Waals surface area contributed by atoms with Gasteiger partial charge in [0.15, 0.2) is 17.2 Å². The largest absolute Gasteiger partial charge is 0.493 e. The highest BCUT2D eigenvalue weighted by molar-refractivity contribution is 5.98. The number of pyridine rings is 1. The van der Waals surface area contributed by atoms with Gasteiger partial charge >= 0.3 is 11.9 Å². The lowest BCUT2D eigenvalue weighted by Gasteiger charge is -2.28. The molecule has 218 valence electrons. The number of rotatable bonds is 14. The van der Waals surface area contributed by atoms with Gasteiger partial charge in [0, 0.05) is 25.1 Å². The van der Waals surface area contributed by atoms with E-state index in [0.29, 0.717) is 0 Å². The van der Waals surface area contributed by atoms with E-state index >= 15 is 0 Å². The fourth-order valence-corrected chi connectivity index (χ4v) is 4.36. The average molecular weight is 563 g/mol. The third kappa shape index (κ3) is 9.34. The molecule has 1 heterocycles. The van der Waals surface area contributed by atoms with Crippen molar-refractivity contribution in [2.24, 2.45) is 11.8 Å². The standard InChI is InChI=1S/C32H38N2O7/c1-21(2)28(34-31(36)29-30(40-20-39-23(4)35)27(38-5)16-17-33-29)32(37)41-22(3)26(18-24-12-8-6-9-13-24)19-25-14-10-7-11-15-25/h6-17,21-22,26,28H,18-20H2,1-5H3,(H,34,36)/t22?,28-/m0/s1. The van der Waals surface area contributed by atoms with E-state index in [1.165, 1.54) is 26.3 Å². The number of esters is 2. The first-order chi connectivity index (χ1) is 19.7. The third-order valence-corrected chi connectivity index (χ3v) is 6.62. The second-order valence-electron chi connectivity index (χ2n) is 10.1. The van der Waals surface area contributed by atoms with Crippen LogP contribution in [0.2, 0.25) is 0 Å². The molecule has 2 aromatic carbocycles. The first-order valence-electron chi connectivity index (χ1n) is 13.6. The van der Waals surface area contributed by atoms with Crippen LogP contribution >= 0.6 is 0 Å². The molecular formula is C32H38N2O7. The van der Waals surface area contributed by atoms with Gasteiger partial charge in [-0.2, -0.15) is 0 Å². The molecule has 0 fully saturated rings. The van der Waals surface area contributed by atoms with Crippen LogP contribution in [0.1, 0.15) is 49.3 Å². The summed E-state index contributed by atoms with van der Waals surface area (Å²) in [7, 11) is 1.41. The third-order valence-electron chi connectivity index (χ3n) is 6.62. The van der Waals surface area contributed by atoms with E-state index < -0.39 is 36.8 Å². The van der Waals surface area contributed by atoms with Crippen LogP contribution in [-0.2, 0) is 31.9 Å². The Balaban J connectivity index is 1.77. The van der Waals surface area contributed by atoms with Crippen LogP contribution in [0, 0.1) is 11.8 Å². The normalized spacial score (nSPS) is 12.4. The van der Waals surface area contributed by atoms with Crippen molar-refractivity contribution in [3.05, 3.63) is 89.7 Å². The van der Waals surface area contributed by atoms with Crippen molar-refractivity contribution < 1.29 is 33.3 Å². The molecule has 0 spiro atoms. The summed E-state index contributed by atoms with van der Waals surface area (Å²) in [6.45, 7) is 6.33. The summed E-state index contributed by atoms with van der Waals surface area (Å²) in [5, 5.41) is 2.75. The highest BCUT2D eigenvalue weighted by Crippen LogP contribution is 2.30. The lowest BCUT2D eigenvalue weighted by molar-refractivity contribution is -0.154. The van der Waals surface area contributed by atoms with Gasteiger partial charge in [-0.1, -0.05) is 74.5 Å². The number of aromatic nitrogens is 1. The summed E-state index contributed by atoms with van der Waals surface area (Å²) in [6, 6.07) is 20.7. The van der Waals surface area contributed by atoms with Gasteiger partial charge in [0.2, 0.25) is 6.79 Å². The Bertz CT molecular complexity index is 1240. The van der Waals surface area contributed by atoms with Gasteiger partial charge in [-0.15, -0.1) is 0 Å². The summed E-state index contributed by atoms with van der Waals surface area (Å²) in [5.74, 6) is -1.81. The summed E-state index contributed by atoms with van der Waals surface area (Å²) < 4.78 is 21.6. The van der Waals surface area contributed by atoms with E-state index in [1.54, 1.807) is 0 Å². The van der Waals surface area contributed by atoms with E-state index in [9.17, 15) is 14.4 Å². The molecular weight excluding hydrogens is 524 g/mol. The number of hydrogen-bond acceptors (Lipinski definition) is 8. The molecule has 0 saturated heterocycles. The van der Waals surface area contributed by atoms with Crippen molar-refractivity contribution in [3.8, 4) is 11.5 Å². The fourth-order valence-electron chi connectivity index (χ4n) is 4.36. The topological polar surface area (TPSA) is 113 Å². The van der Waals surface area contributed by atoms with E-state index in [0.717, 1.165) is 24.0 Å². The zero-order chi connectivity index (χ0) is 29.8. The molecule has 41 heavy (non-hydrogen) atoms. The predicted molar refractivity (Wildman–Crippen MR) is 153 cm³/mol. The molecule has 9 nitrogen and oxygen atoms in total. The van der Waals surface area contributed by atoms with Crippen LogP contribution in [0.15, 0.2) is 72.9 Å². The van der Waals surface area contributed by atoms with E-state index in [4.69, 9.17) is 18.9 Å². The van der Waals surface area contributed by atoms with Crippen molar-refractivity contribution in [2.75, 3.05) is 13.9 Å². The predicted octanol–water partition coefficient (Wildman–Crippen LogP) is 4.78. The SMILES string of the molecule is COc1ccnc(C(=O)N[C@H](C(=O)OC(C)C(Cc2ccccc2)Cc2ccccc2)C(C)C)c1OCOC(C)=O. The molecule has 2 atom stereocenters. The second kappa shape index (κ2) is 15.4. The molecule has 0 aliphatic rings. The molecule has 1 unspecified atom stereocenters. The van der Waals surface area contributed by atoms with Gasteiger partial charge in [0.1, 0.15) is 12.1 Å². The fraction of sp³-hybridized carbons (Fsp3) is 0.375. The van der Waals surface area contributed by atoms with Crippen LogP contribution in [0.3, 0.4) is 0 Å². The minimum Gasteiger partial charge on any atom is -0.493 e. The lowest BCUT2D eigenvalue weighted by atomic mass is 9.88. The maximum Gasteiger partial charge on any atom is 0.329 e. The number of nitrogens with one attached hydrogen (secondary N) is 1. The van der Waals surface area contributed by atoms with Crippen LogP contribution in [0.4, 0.5) is 0 Å². The monoisotopic (exact) mass is 562 g/mol. The second-order valence-corrected chi connectivity index (χ2v) is 10.1. The zero-order valence-electron chi connectivity index (χ0n) is 24.2. The summed E-state index contributed by atoms with van der Waals surface area (Å²) in [6.07, 6.45) is 2.40. The van der Waals surface area contributed by atoms with Crippen LogP contribution in [0.25, 0.3) is 0 Å². The molecule has 0 bridgehead atoms. The van der Waals surface area contributed by atoms with Gasteiger partial charge in [0.05, 0.1) is 7.11 Å². The van der Waals surface area contributed by atoms with Crippen molar-refractivity contribution in [1.82, 2.24) is 10.3 Å². The first kappa shape index (κ1) is 31.1. The summed E-state index contributed by atoms with van der Waals surface area (Å²) >= 11 is 0. The minimum absolute atomic E-state index is 0.00796. The van der Waals surface area contributed by atoms with Gasteiger partial charge in [-0.05, 0) is 36.8 Å². The van der Waals surface area contributed by atoms with Gasteiger partial charge in [-0.3, -0.25) is 9.59 Å². The van der Waals surface area contributed by atoms with Gasteiger partial charge in [-0.25, -0.2) is 9.78 Å². The minimum atomic E-state index is -0.951. The number of amides is 1. The molecule has 3 aromatic rings. The Morgan fingerprint density at radius 3 is 1.98 bits per heavy atom. The molecule has 1 N–H and O–H groups in total. The number of methoxy groups -OCH3 is 1. The molecule has 0 aliphatic carbocycles. The molecule has 1 aromatic heterocycles. The van der Waals surface area contributed by atoms with Crippen LogP contribution in [0.5, 0.6) is 11.5 Å². The maximum atomic E-state index is 13.5. The maximum absolute atomic E-state index is 13.5. The van der Waals surface area contributed by atoms with Crippen molar-refractivity contribution >= 4 is 17.8 Å². The van der Waals surface area contributed by atoms with Crippen molar-refractivity contribution in [3.63, 3.8) is 0 Å². The zero-order valence-corrected chi connectivity index (χ0v) is 24.2. The number of benzene rings is 2. The van der Waals surface area contributed by atoms with Crippen LogP contribution in [-0.4, -0.2) is 48.9 Å². The number of hydrogen-bond donors (Lipinski definition) is 1. The van der Waals surface area contributed by atoms with E-state index in [2.05, 4.69) is 34.6 Å². The summed E-state index contributed by atoms with van der Waals surface area (Å²) in [4.78, 5) is 42.1. The highest BCUT2D eigenvalue weighted by Gasteiger charge is 2.31. The van der Waals surface area contributed by atoms with E-state index in [-0.39, 0.29) is 29.0 Å². The quantitative estimate of drug-likeness (QED) is 0.221. The molecule has 0 saturated carbocycles. The smallest absolute Gasteiger partial charge is 0.329 e. The molecule has 9 heteroatoms. The van der Waals surface area contributed by atoms with Crippen molar-refractivity contribution in [1.29, 1.82) is 0 Å². The highest BCUT2D eigenvalue weighted by atomic mass is 16.7. The first-order valence-corrected chi connectivity index (χ1v) is 13.6. The number of nitrogens with zero attached hydrogens (tertiary/aromatic N) is 1. The molecule has 0 radical (unpaired) electrons. The molecule has 1 amide bonds. The Morgan fingerprint density at radius 2 is 1.46 bits per heavy atom. The number of carbonyl (C=O) groups excluding carboxylic acids is 3. The Labute approximate surface area is 241 Å². The van der Waals surface area contributed by atoms with Crippen LogP contribution < -0.4 is 14.8 Å².